The monoisotopic (exact) mass is 624 g/mol. The van der Waals surface area contributed by atoms with Crippen molar-refractivity contribution in [1.82, 2.24) is 14.9 Å². The molecule has 1 fully saturated rings. The molecule has 41 heavy (non-hydrogen) atoms. The fourth-order valence-corrected chi connectivity index (χ4v) is 6.30. The van der Waals surface area contributed by atoms with Gasteiger partial charge in [0.25, 0.3) is 0 Å². The van der Waals surface area contributed by atoms with E-state index in [9.17, 15) is 0 Å². The van der Waals surface area contributed by atoms with Crippen LogP contribution in [-0.2, 0) is 0 Å². The minimum absolute atomic E-state index is 0.117. The maximum atomic E-state index is 6.08. The third-order valence-electron chi connectivity index (χ3n) is 7.39. The van der Waals surface area contributed by atoms with Gasteiger partial charge in [-0.1, -0.05) is 18.2 Å². The summed E-state index contributed by atoms with van der Waals surface area (Å²) in [5, 5.41) is 4.23. The first kappa shape index (κ1) is 27.1. The molecule has 0 radical (unpaired) electrons. The minimum Gasteiger partial charge on any atom is -0.497 e. The molecule has 0 bridgehead atoms. The zero-order valence-corrected chi connectivity index (χ0v) is 25.3. The van der Waals surface area contributed by atoms with Crippen molar-refractivity contribution < 1.29 is 9.47 Å². The first-order chi connectivity index (χ1) is 19.9. The zero-order valence-electron chi connectivity index (χ0n) is 22.9. The van der Waals surface area contributed by atoms with E-state index in [4.69, 9.17) is 26.7 Å². The summed E-state index contributed by atoms with van der Waals surface area (Å²) in [6.45, 7) is 4.31. The smallest absolute Gasteiger partial charge is 0.174 e. The number of methoxy groups -OCH3 is 1. The Hall–Kier alpha value is -4.14. The molecule has 6 nitrogen and oxygen atoms in total. The van der Waals surface area contributed by atoms with Crippen LogP contribution in [0.2, 0.25) is 0 Å². The molecule has 1 N–H and O–H groups in total. The van der Waals surface area contributed by atoms with Crippen LogP contribution in [-0.4, -0.2) is 21.8 Å². The van der Waals surface area contributed by atoms with Crippen LogP contribution in [0.15, 0.2) is 108 Å². The van der Waals surface area contributed by atoms with Crippen LogP contribution in [0.25, 0.3) is 5.69 Å². The molecule has 0 spiro atoms. The molecule has 2 atom stereocenters. The van der Waals surface area contributed by atoms with Crippen LogP contribution in [0.5, 0.6) is 17.2 Å². The first-order valence-electron chi connectivity index (χ1n) is 13.3. The van der Waals surface area contributed by atoms with Gasteiger partial charge >= 0.3 is 0 Å². The second kappa shape index (κ2) is 11.4. The Morgan fingerprint density at radius 2 is 1.51 bits per heavy atom. The fraction of sp³-hybridized carbons (Fsp3) is 0.152. The number of nitrogens with zero attached hydrogens (tertiary/aromatic N) is 3. The van der Waals surface area contributed by atoms with Gasteiger partial charge in [0.15, 0.2) is 5.11 Å². The van der Waals surface area contributed by atoms with E-state index in [1.807, 2.05) is 72.9 Å². The molecule has 0 aliphatic carbocycles. The van der Waals surface area contributed by atoms with Crippen molar-refractivity contribution in [2.24, 2.45) is 0 Å². The van der Waals surface area contributed by atoms with Crippen LogP contribution < -0.4 is 19.7 Å². The van der Waals surface area contributed by atoms with Crippen LogP contribution in [0.3, 0.4) is 0 Å². The molecule has 0 unspecified atom stereocenters. The average molecular weight is 626 g/mol. The number of thiocarbonyl (C=S) groups is 1. The molecule has 0 amide bonds. The van der Waals surface area contributed by atoms with Gasteiger partial charge in [0.2, 0.25) is 0 Å². The van der Waals surface area contributed by atoms with Crippen molar-refractivity contribution in [2.75, 3.05) is 12.0 Å². The third kappa shape index (κ3) is 5.21. The highest BCUT2D eigenvalue weighted by Gasteiger charge is 2.42. The Balaban J connectivity index is 1.39. The molecule has 2 aromatic heterocycles. The van der Waals surface area contributed by atoms with Crippen molar-refractivity contribution in [1.29, 1.82) is 0 Å². The van der Waals surface area contributed by atoms with Gasteiger partial charge in [0.05, 0.1) is 30.6 Å². The second-order valence-corrected chi connectivity index (χ2v) is 11.1. The highest BCUT2D eigenvalue weighted by molar-refractivity contribution is 9.10. The van der Waals surface area contributed by atoms with Crippen LogP contribution in [0.4, 0.5) is 5.69 Å². The summed E-state index contributed by atoms with van der Waals surface area (Å²) in [6.07, 6.45) is 1.83. The zero-order chi connectivity index (χ0) is 28.5. The second-order valence-electron chi connectivity index (χ2n) is 9.88. The lowest BCUT2D eigenvalue weighted by molar-refractivity contribution is 0.413. The van der Waals surface area contributed by atoms with Crippen molar-refractivity contribution in [3.8, 4) is 22.9 Å². The van der Waals surface area contributed by atoms with Crippen molar-refractivity contribution in [3.05, 3.63) is 130 Å². The largest absolute Gasteiger partial charge is 0.497 e. The van der Waals surface area contributed by atoms with Gasteiger partial charge in [0.1, 0.15) is 17.2 Å². The number of anilines is 1. The number of hydrogen-bond acceptors (Lipinski definition) is 4. The van der Waals surface area contributed by atoms with Gasteiger partial charge in [-0.05, 0) is 126 Å². The highest BCUT2D eigenvalue weighted by Crippen LogP contribution is 2.44. The summed E-state index contributed by atoms with van der Waals surface area (Å²) >= 11 is 9.71. The Morgan fingerprint density at radius 3 is 2.17 bits per heavy atom. The van der Waals surface area contributed by atoms with Gasteiger partial charge in [-0.15, -0.1) is 0 Å². The number of aromatic nitrogens is 2. The Morgan fingerprint density at radius 1 is 0.854 bits per heavy atom. The predicted octanol–water partition coefficient (Wildman–Crippen LogP) is 8.23. The molecule has 8 heteroatoms. The highest BCUT2D eigenvalue weighted by atomic mass is 79.9. The molecule has 6 rings (SSSR count). The van der Waals surface area contributed by atoms with E-state index in [-0.39, 0.29) is 12.1 Å². The van der Waals surface area contributed by atoms with E-state index in [0.29, 0.717) is 5.11 Å². The Kier molecular flexibility index (Phi) is 7.51. The number of ether oxygens (including phenoxy) is 2. The van der Waals surface area contributed by atoms with Crippen molar-refractivity contribution >= 4 is 38.9 Å². The third-order valence-corrected chi connectivity index (χ3v) is 8.38. The lowest BCUT2D eigenvalue weighted by Crippen LogP contribution is -2.29. The average Bonchev–Trinajstić information content (AvgIpc) is 3.49. The maximum Gasteiger partial charge on any atom is 0.174 e. The summed E-state index contributed by atoms with van der Waals surface area (Å²) < 4.78 is 14.7. The molecule has 206 valence electrons. The van der Waals surface area contributed by atoms with Crippen LogP contribution >= 0.6 is 28.1 Å². The topological polar surface area (TPSA) is 51.6 Å². The number of benzene rings is 3. The molecule has 3 aromatic carbocycles. The minimum atomic E-state index is -0.132. The normalized spacial score (nSPS) is 16.5. The van der Waals surface area contributed by atoms with Crippen molar-refractivity contribution in [3.63, 3.8) is 0 Å². The number of pyridine rings is 1. The fourth-order valence-electron chi connectivity index (χ4n) is 5.49. The molecular formula is C33H29BrN4O2S. The number of para-hydroxylation sites is 1. The number of aryl methyl sites for hydroxylation is 1. The lowest BCUT2D eigenvalue weighted by Gasteiger charge is -2.28. The predicted molar refractivity (Wildman–Crippen MR) is 170 cm³/mol. The molecule has 1 saturated heterocycles. The lowest BCUT2D eigenvalue weighted by atomic mass is 9.96. The summed E-state index contributed by atoms with van der Waals surface area (Å²) in [6, 6.07) is 31.9. The maximum absolute atomic E-state index is 6.08. The summed E-state index contributed by atoms with van der Waals surface area (Å²) in [7, 11) is 1.65. The quantitative estimate of drug-likeness (QED) is 0.184. The Labute approximate surface area is 253 Å². The van der Waals surface area contributed by atoms with Gasteiger partial charge < -0.3 is 24.3 Å². The van der Waals surface area contributed by atoms with E-state index in [0.717, 1.165) is 50.2 Å². The SMILES string of the molecule is COc1ccc(Oc2ccc(N3C(=S)N[C@@H](c4ccccn4)[C@@H]3c3cc(C)n(-c4ccccc4Br)c3C)cc2)cc1. The van der Waals surface area contributed by atoms with Crippen LogP contribution in [0, 0.1) is 13.8 Å². The standard InChI is InChI=1S/C33H29BrN4O2S/c1-21-20-27(22(2)37(21)30-10-5-4-8-28(30)34)32-31(29-9-6-7-19-35-29)36-33(41)38(32)23-11-13-25(14-12-23)40-26-17-15-24(39-3)16-18-26/h4-20,31-32H,1-3H3,(H,36,41)/t31-,32-/m0/s1. The molecule has 5 aromatic rings. The molecule has 1 aliphatic heterocycles. The molecule has 0 saturated carbocycles. The summed E-state index contributed by atoms with van der Waals surface area (Å²) in [4.78, 5) is 6.90. The van der Waals surface area contributed by atoms with Gasteiger partial charge in [-0.25, -0.2) is 0 Å². The van der Waals surface area contributed by atoms with E-state index in [1.54, 1.807) is 7.11 Å². The number of nitrogens with one attached hydrogen (secondary N) is 1. The van der Waals surface area contributed by atoms with Crippen LogP contribution in [0.1, 0.15) is 34.7 Å². The van der Waals surface area contributed by atoms with E-state index < -0.39 is 0 Å². The van der Waals surface area contributed by atoms with E-state index in [1.165, 1.54) is 5.56 Å². The van der Waals surface area contributed by atoms with E-state index in [2.05, 4.69) is 74.9 Å². The molecule has 1 aliphatic rings. The van der Waals surface area contributed by atoms with Gasteiger partial charge in [-0.3, -0.25) is 4.98 Å². The Bertz CT molecular complexity index is 1690. The van der Waals surface area contributed by atoms with Gasteiger partial charge in [-0.2, -0.15) is 0 Å². The molecular weight excluding hydrogens is 596 g/mol. The summed E-state index contributed by atoms with van der Waals surface area (Å²) in [5.74, 6) is 2.27. The number of rotatable bonds is 7. The first-order valence-corrected chi connectivity index (χ1v) is 14.5. The van der Waals surface area contributed by atoms with Crippen molar-refractivity contribution in [2.45, 2.75) is 25.9 Å². The van der Waals surface area contributed by atoms with E-state index >= 15 is 0 Å². The number of halogens is 1. The number of hydrogen-bond donors (Lipinski definition) is 1. The van der Waals surface area contributed by atoms with Gasteiger partial charge in [0, 0.05) is 27.7 Å². The summed E-state index contributed by atoms with van der Waals surface area (Å²) in [5.41, 5.74) is 6.48. The molecule has 3 heterocycles.